The Balaban J connectivity index is 3.63. The molecule has 0 aromatic carbocycles. The molecule has 5 nitrogen and oxygen atoms in total. The molecule has 0 rings (SSSR count). The van der Waals surface area contributed by atoms with E-state index in [2.05, 4.69) is 45.5 Å². The summed E-state index contributed by atoms with van der Waals surface area (Å²) in [6.07, 6.45) is 36.0. The van der Waals surface area contributed by atoms with E-state index in [9.17, 15) is 9.59 Å². The topological polar surface area (TPSA) is 61.4 Å². The van der Waals surface area contributed by atoms with E-state index in [1.54, 1.807) is 5.12 Å². The molecule has 0 heterocycles. The first-order valence-electron chi connectivity index (χ1n) is 19.7. The summed E-state index contributed by atoms with van der Waals surface area (Å²) in [5, 5.41) is 1.61. The highest BCUT2D eigenvalue weighted by atomic mass is 16.2. The molecule has 0 aromatic rings. The van der Waals surface area contributed by atoms with Gasteiger partial charge in [-0.2, -0.15) is 0 Å². The predicted octanol–water partition coefficient (Wildman–Crippen LogP) is 12.0. The summed E-state index contributed by atoms with van der Waals surface area (Å²) in [5.74, 6) is 1.73. The Morgan fingerprint density at radius 3 is 0.932 bits per heavy atom. The molecule has 0 aliphatic carbocycles. The summed E-state index contributed by atoms with van der Waals surface area (Å²) in [5.41, 5.74) is 5.83. The lowest BCUT2D eigenvalue weighted by atomic mass is 10.0. The lowest BCUT2D eigenvalue weighted by molar-refractivity contribution is -0.133. The number of unbranched alkanes of at least 4 members (excludes halogenated alkanes) is 22. The second-order valence-electron chi connectivity index (χ2n) is 14.6. The van der Waals surface area contributed by atoms with E-state index in [0.717, 1.165) is 43.9 Å². The van der Waals surface area contributed by atoms with Crippen LogP contribution in [0.5, 0.6) is 0 Å². The highest BCUT2D eigenvalue weighted by Crippen LogP contribution is 2.16. The van der Waals surface area contributed by atoms with Crippen molar-refractivity contribution in [3.05, 3.63) is 0 Å². The molecule has 0 saturated heterocycles. The first-order valence-corrected chi connectivity index (χ1v) is 19.7. The van der Waals surface area contributed by atoms with Crippen LogP contribution in [0, 0.1) is 11.8 Å². The number of amides is 2. The molecule has 0 aliphatic heterocycles. The Labute approximate surface area is 276 Å². The quantitative estimate of drug-likeness (QED) is 0.0555. The van der Waals surface area contributed by atoms with Crippen molar-refractivity contribution in [1.29, 1.82) is 0 Å². The summed E-state index contributed by atoms with van der Waals surface area (Å²) in [6.45, 7) is 12.0. The van der Waals surface area contributed by atoms with Crippen LogP contribution in [0.4, 0.5) is 0 Å². The Morgan fingerprint density at radius 1 is 0.432 bits per heavy atom. The minimum absolute atomic E-state index is 0.0123. The standard InChI is InChI=1S/C39H79N3O2/c1-6-35-42(40-38(43)33-29-25-21-17-13-9-7-11-15-19-23-27-31-36(2)3)41-39(44)34-30-26-22-18-14-10-8-12-16-20-24-28-32-37(4)5/h36-37H,6-35H2,1-5H3,(H,40,43)(H,41,44). The zero-order chi connectivity index (χ0) is 32.5. The van der Waals surface area contributed by atoms with Gasteiger partial charge in [0.15, 0.2) is 0 Å². The molecular formula is C39H79N3O2. The van der Waals surface area contributed by atoms with E-state index < -0.39 is 0 Å². The number of hydrazine groups is 2. The van der Waals surface area contributed by atoms with E-state index >= 15 is 0 Å². The highest BCUT2D eigenvalue weighted by Gasteiger charge is 2.11. The first kappa shape index (κ1) is 42.9. The fourth-order valence-corrected chi connectivity index (χ4v) is 5.99. The largest absolute Gasteiger partial charge is 0.274 e. The molecule has 2 N–H and O–H groups in total. The summed E-state index contributed by atoms with van der Waals surface area (Å²) < 4.78 is 0. The first-order chi connectivity index (χ1) is 21.3. The van der Waals surface area contributed by atoms with Crippen molar-refractivity contribution in [3.8, 4) is 0 Å². The third kappa shape index (κ3) is 33.8. The summed E-state index contributed by atoms with van der Waals surface area (Å²) in [4.78, 5) is 24.9. The number of hydrogen-bond acceptors (Lipinski definition) is 3. The van der Waals surface area contributed by atoms with Crippen molar-refractivity contribution >= 4 is 11.8 Å². The van der Waals surface area contributed by atoms with Crippen LogP contribution in [0.2, 0.25) is 0 Å². The summed E-state index contributed by atoms with van der Waals surface area (Å²) in [6, 6.07) is 0. The SMILES string of the molecule is CCCN(NC(=O)CCCCCCCCCCCCCCC(C)C)NC(=O)CCCCCCCCCCCCCCC(C)C. The van der Waals surface area contributed by atoms with Gasteiger partial charge in [-0.3, -0.25) is 20.4 Å². The minimum Gasteiger partial charge on any atom is -0.274 e. The molecular weight excluding hydrogens is 542 g/mol. The van der Waals surface area contributed by atoms with Crippen LogP contribution in [-0.4, -0.2) is 23.5 Å². The van der Waals surface area contributed by atoms with Crippen LogP contribution in [0.3, 0.4) is 0 Å². The molecule has 0 spiro atoms. The van der Waals surface area contributed by atoms with Crippen molar-refractivity contribution in [2.75, 3.05) is 6.54 Å². The van der Waals surface area contributed by atoms with Gasteiger partial charge in [0.1, 0.15) is 0 Å². The van der Waals surface area contributed by atoms with Crippen molar-refractivity contribution in [2.45, 2.75) is 221 Å². The molecule has 0 aliphatic rings. The van der Waals surface area contributed by atoms with Gasteiger partial charge in [-0.15, -0.1) is 5.12 Å². The maximum Gasteiger partial charge on any atom is 0.235 e. The third-order valence-corrected chi connectivity index (χ3v) is 8.84. The number of carbonyl (C=O) groups excluding carboxylic acids is 2. The van der Waals surface area contributed by atoms with Crippen LogP contribution in [0.1, 0.15) is 221 Å². The normalized spacial score (nSPS) is 11.6. The van der Waals surface area contributed by atoms with Crippen LogP contribution >= 0.6 is 0 Å². The third-order valence-electron chi connectivity index (χ3n) is 8.84. The molecule has 0 radical (unpaired) electrons. The Hall–Kier alpha value is -1.10. The van der Waals surface area contributed by atoms with Crippen LogP contribution in [0.15, 0.2) is 0 Å². The van der Waals surface area contributed by atoms with Gasteiger partial charge in [0.2, 0.25) is 11.8 Å². The number of carbonyl (C=O) groups is 2. The summed E-state index contributed by atoms with van der Waals surface area (Å²) >= 11 is 0. The monoisotopic (exact) mass is 622 g/mol. The molecule has 5 heteroatoms. The van der Waals surface area contributed by atoms with E-state index in [1.807, 2.05) is 0 Å². The molecule has 44 heavy (non-hydrogen) atoms. The second-order valence-corrected chi connectivity index (χ2v) is 14.6. The molecule has 0 atom stereocenters. The molecule has 0 aromatic heterocycles. The average molecular weight is 622 g/mol. The number of nitrogens with one attached hydrogen (secondary N) is 2. The molecule has 0 bridgehead atoms. The average Bonchev–Trinajstić information content (AvgIpc) is 2.97. The molecule has 2 amide bonds. The van der Waals surface area contributed by atoms with Gasteiger partial charge < -0.3 is 0 Å². The van der Waals surface area contributed by atoms with Crippen molar-refractivity contribution in [2.24, 2.45) is 11.8 Å². The van der Waals surface area contributed by atoms with E-state index in [-0.39, 0.29) is 11.8 Å². The lowest BCUT2D eigenvalue weighted by Gasteiger charge is -2.23. The van der Waals surface area contributed by atoms with Crippen LogP contribution in [0.25, 0.3) is 0 Å². The Kier molecular flexibility index (Phi) is 32.4. The zero-order valence-corrected chi connectivity index (χ0v) is 30.6. The zero-order valence-electron chi connectivity index (χ0n) is 30.6. The van der Waals surface area contributed by atoms with Crippen LogP contribution < -0.4 is 10.9 Å². The van der Waals surface area contributed by atoms with Gasteiger partial charge in [-0.1, -0.05) is 189 Å². The van der Waals surface area contributed by atoms with Gasteiger partial charge in [-0.05, 0) is 31.1 Å². The highest BCUT2D eigenvalue weighted by molar-refractivity contribution is 5.77. The molecule has 0 unspecified atom stereocenters. The maximum absolute atomic E-state index is 12.4. The molecule has 0 fully saturated rings. The molecule has 262 valence electrons. The smallest absolute Gasteiger partial charge is 0.235 e. The lowest BCUT2D eigenvalue weighted by Crippen LogP contribution is -2.53. The molecule has 0 saturated carbocycles. The Bertz CT molecular complexity index is 572. The number of hydrogen-bond donors (Lipinski definition) is 2. The Morgan fingerprint density at radius 2 is 0.682 bits per heavy atom. The van der Waals surface area contributed by atoms with Gasteiger partial charge in [0, 0.05) is 19.4 Å². The van der Waals surface area contributed by atoms with E-state index in [1.165, 1.54) is 141 Å². The van der Waals surface area contributed by atoms with Crippen molar-refractivity contribution < 1.29 is 9.59 Å². The van der Waals surface area contributed by atoms with Gasteiger partial charge in [0.25, 0.3) is 0 Å². The van der Waals surface area contributed by atoms with Gasteiger partial charge in [-0.25, -0.2) is 0 Å². The van der Waals surface area contributed by atoms with Gasteiger partial charge >= 0.3 is 0 Å². The van der Waals surface area contributed by atoms with Gasteiger partial charge in [0.05, 0.1) is 0 Å². The van der Waals surface area contributed by atoms with E-state index in [0.29, 0.717) is 19.4 Å². The van der Waals surface area contributed by atoms with Crippen molar-refractivity contribution in [3.63, 3.8) is 0 Å². The summed E-state index contributed by atoms with van der Waals surface area (Å²) in [7, 11) is 0. The number of nitrogens with zero attached hydrogens (tertiary/aromatic N) is 1. The fraction of sp³-hybridized carbons (Fsp3) is 0.949. The minimum atomic E-state index is 0.0123. The fourth-order valence-electron chi connectivity index (χ4n) is 5.99. The van der Waals surface area contributed by atoms with Crippen molar-refractivity contribution in [1.82, 2.24) is 16.0 Å². The number of rotatable bonds is 34. The maximum atomic E-state index is 12.4. The predicted molar refractivity (Wildman–Crippen MR) is 192 cm³/mol. The second kappa shape index (κ2) is 33.3. The van der Waals surface area contributed by atoms with E-state index in [4.69, 9.17) is 0 Å². The van der Waals surface area contributed by atoms with Crippen LogP contribution in [-0.2, 0) is 9.59 Å².